The van der Waals surface area contributed by atoms with Gasteiger partial charge in [0.25, 0.3) is 0 Å². The highest BCUT2D eigenvalue weighted by Gasteiger charge is 2.08. The number of aliphatic carboxylic acids is 1. The van der Waals surface area contributed by atoms with Gasteiger partial charge < -0.3 is 9.84 Å². The highest BCUT2D eigenvalue weighted by molar-refractivity contribution is 5.66. The monoisotopic (exact) mass is 216 g/mol. The SMILES string of the molecule is C1CO1.CC(C)(C)CCCCCC(=O)O. The van der Waals surface area contributed by atoms with E-state index in [1.54, 1.807) is 0 Å². The Kier molecular flexibility index (Phi) is 7.39. The molecule has 1 fully saturated rings. The van der Waals surface area contributed by atoms with Crippen molar-refractivity contribution in [2.75, 3.05) is 13.2 Å². The molecular weight excluding hydrogens is 192 g/mol. The minimum Gasteiger partial charge on any atom is -0.481 e. The van der Waals surface area contributed by atoms with Gasteiger partial charge >= 0.3 is 5.97 Å². The highest BCUT2D eigenvalue weighted by atomic mass is 16.6. The van der Waals surface area contributed by atoms with Crippen molar-refractivity contribution in [1.82, 2.24) is 0 Å². The van der Waals surface area contributed by atoms with Crippen molar-refractivity contribution in [1.29, 1.82) is 0 Å². The minimum absolute atomic E-state index is 0.324. The molecule has 0 atom stereocenters. The highest BCUT2D eigenvalue weighted by Crippen LogP contribution is 2.22. The van der Waals surface area contributed by atoms with Crippen molar-refractivity contribution in [3.8, 4) is 0 Å². The van der Waals surface area contributed by atoms with E-state index in [1.807, 2.05) is 0 Å². The first-order valence-electron chi connectivity index (χ1n) is 5.71. The second-order valence-corrected chi connectivity index (χ2v) is 5.13. The predicted molar refractivity (Wildman–Crippen MR) is 61.0 cm³/mol. The van der Waals surface area contributed by atoms with Gasteiger partial charge in [-0.25, -0.2) is 0 Å². The Morgan fingerprint density at radius 2 is 1.73 bits per heavy atom. The number of carbonyl (C=O) groups is 1. The molecule has 90 valence electrons. The average Bonchev–Trinajstić information content (AvgIpc) is 2.85. The fraction of sp³-hybridized carbons (Fsp3) is 0.917. The summed E-state index contributed by atoms with van der Waals surface area (Å²) >= 11 is 0. The molecule has 1 aliphatic heterocycles. The van der Waals surface area contributed by atoms with Crippen LogP contribution in [0.15, 0.2) is 0 Å². The number of rotatable bonds is 5. The molecule has 1 heterocycles. The van der Waals surface area contributed by atoms with Gasteiger partial charge in [-0.2, -0.15) is 0 Å². The number of unbranched alkanes of at least 4 members (excludes halogenated alkanes) is 2. The molecule has 0 saturated carbocycles. The Balaban J connectivity index is 0.000000548. The van der Waals surface area contributed by atoms with Crippen molar-refractivity contribution in [3.63, 3.8) is 0 Å². The Bertz CT molecular complexity index is 165. The Labute approximate surface area is 92.8 Å². The summed E-state index contributed by atoms with van der Waals surface area (Å²) in [5.41, 5.74) is 0.392. The molecule has 0 spiro atoms. The van der Waals surface area contributed by atoms with E-state index in [2.05, 4.69) is 25.5 Å². The van der Waals surface area contributed by atoms with Crippen LogP contribution in [0.3, 0.4) is 0 Å². The zero-order valence-electron chi connectivity index (χ0n) is 10.2. The zero-order chi connectivity index (χ0) is 11.7. The van der Waals surface area contributed by atoms with Crippen LogP contribution in [0.1, 0.15) is 52.9 Å². The summed E-state index contributed by atoms with van der Waals surface area (Å²) in [6.07, 6.45) is 4.53. The summed E-state index contributed by atoms with van der Waals surface area (Å²) in [4.78, 5) is 10.2. The van der Waals surface area contributed by atoms with E-state index in [-0.39, 0.29) is 0 Å². The third kappa shape index (κ3) is 19.7. The molecule has 0 unspecified atom stereocenters. The number of hydrogen-bond acceptors (Lipinski definition) is 2. The molecule has 1 saturated heterocycles. The summed E-state index contributed by atoms with van der Waals surface area (Å²) in [5.74, 6) is -0.675. The van der Waals surface area contributed by atoms with E-state index >= 15 is 0 Å². The summed E-state index contributed by atoms with van der Waals surface area (Å²) < 4.78 is 4.50. The van der Waals surface area contributed by atoms with Crippen molar-refractivity contribution >= 4 is 5.97 Å². The van der Waals surface area contributed by atoms with Crippen molar-refractivity contribution in [3.05, 3.63) is 0 Å². The lowest BCUT2D eigenvalue weighted by Crippen LogP contribution is -2.04. The van der Waals surface area contributed by atoms with Crippen LogP contribution in [-0.4, -0.2) is 24.3 Å². The first kappa shape index (κ1) is 14.4. The molecule has 0 aliphatic carbocycles. The first-order valence-corrected chi connectivity index (χ1v) is 5.71. The number of epoxide rings is 1. The fourth-order valence-electron chi connectivity index (χ4n) is 1.11. The maximum absolute atomic E-state index is 10.2. The van der Waals surface area contributed by atoms with Crippen LogP contribution in [0.5, 0.6) is 0 Å². The molecule has 3 nitrogen and oxygen atoms in total. The number of ether oxygens (including phenoxy) is 1. The topological polar surface area (TPSA) is 49.8 Å². The van der Waals surface area contributed by atoms with Crippen LogP contribution in [0.25, 0.3) is 0 Å². The third-order valence-electron chi connectivity index (χ3n) is 2.02. The molecule has 1 N–H and O–H groups in total. The fourth-order valence-corrected chi connectivity index (χ4v) is 1.11. The van der Waals surface area contributed by atoms with Gasteiger partial charge in [-0.3, -0.25) is 4.79 Å². The molecular formula is C12H24O3. The largest absolute Gasteiger partial charge is 0.481 e. The van der Waals surface area contributed by atoms with E-state index in [1.165, 1.54) is 6.42 Å². The van der Waals surface area contributed by atoms with E-state index in [9.17, 15) is 4.79 Å². The van der Waals surface area contributed by atoms with E-state index in [0.29, 0.717) is 11.8 Å². The molecule has 0 aromatic heterocycles. The molecule has 0 radical (unpaired) electrons. The quantitative estimate of drug-likeness (QED) is 0.567. The van der Waals surface area contributed by atoms with Gasteiger partial charge in [0.1, 0.15) is 0 Å². The summed E-state index contributed by atoms with van der Waals surface area (Å²) in [6, 6.07) is 0. The summed E-state index contributed by atoms with van der Waals surface area (Å²) in [5, 5.41) is 8.37. The van der Waals surface area contributed by atoms with Crippen LogP contribution in [0, 0.1) is 5.41 Å². The Morgan fingerprint density at radius 3 is 2.07 bits per heavy atom. The van der Waals surface area contributed by atoms with Crippen LogP contribution in [-0.2, 0) is 9.53 Å². The molecule has 15 heavy (non-hydrogen) atoms. The van der Waals surface area contributed by atoms with E-state index in [0.717, 1.165) is 32.5 Å². The van der Waals surface area contributed by atoms with Crippen molar-refractivity contribution < 1.29 is 14.6 Å². The molecule has 1 rings (SSSR count). The second-order valence-electron chi connectivity index (χ2n) is 5.13. The molecule has 1 aliphatic rings. The van der Waals surface area contributed by atoms with Crippen LogP contribution < -0.4 is 0 Å². The van der Waals surface area contributed by atoms with Gasteiger partial charge in [-0.05, 0) is 18.3 Å². The van der Waals surface area contributed by atoms with Gasteiger partial charge in [0.2, 0.25) is 0 Å². The van der Waals surface area contributed by atoms with Crippen molar-refractivity contribution in [2.24, 2.45) is 5.41 Å². The van der Waals surface area contributed by atoms with Gasteiger partial charge in [0.15, 0.2) is 0 Å². The Hall–Kier alpha value is -0.570. The lowest BCUT2D eigenvalue weighted by molar-refractivity contribution is -0.137. The molecule has 3 heteroatoms. The van der Waals surface area contributed by atoms with Gasteiger partial charge in [-0.15, -0.1) is 0 Å². The number of carboxylic acid groups (broad SMARTS) is 1. The van der Waals surface area contributed by atoms with Gasteiger partial charge in [0.05, 0.1) is 13.2 Å². The predicted octanol–water partition coefficient (Wildman–Crippen LogP) is 3.08. The molecule has 0 bridgehead atoms. The lowest BCUT2D eigenvalue weighted by Gasteiger charge is -2.17. The first-order chi connectivity index (χ1) is 6.92. The summed E-state index contributed by atoms with van der Waals surface area (Å²) in [6.45, 7) is 8.64. The lowest BCUT2D eigenvalue weighted by atomic mass is 9.89. The Morgan fingerprint density at radius 1 is 1.20 bits per heavy atom. The molecule has 0 aromatic carbocycles. The minimum atomic E-state index is -0.675. The van der Waals surface area contributed by atoms with E-state index in [4.69, 9.17) is 5.11 Å². The molecule has 0 amide bonds. The van der Waals surface area contributed by atoms with E-state index < -0.39 is 5.97 Å². The maximum atomic E-state index is 10.2. The van der Waals surface area contributed by atoms with Gasteiger partial charge in [0, 0.05) is 6.42 Å². The maximum Gasteiger partial charge on any atom is 0.303 e. The summed E-state index contributed by atoms with van der Waals surface area (Å²) in [7, 11) is 0. The third-order valence-corrected chi connectivity index (χ3v) is 2.02. The van der Waals surface area contributed by atoms with Gasteiger partial charge in [-0.1, -0.05) is 33.6 Å². The number of carboxylic acids is 1. The molecule has 0 aromatic rings. The van der Waals surface area contributed by atoms with Crippen molar-refractivity contribution in [2.45, 2.75) is 52.9 Å². The second kappa shape index (κ2) is 7.69. The standard InChI is InChI=1S/C10H20O2.C2H4O/c1-10(2,3)8-6-4-5-7-9(11)12;1-2-3-1/h4-8H2,1-3H3,(H,11,12);1-2H2. The van der Waals surface area contributed by atoms with Crippen LogP contribution >= 0.6 is 0 Å². The number of hydrogen-bond donors (Lipinski definition) is 1. The average molecular weight is 216 g/mol. The zero-order valence-corrected chi connectivity index (χ0v) is 10.2. The van der Waals surface area contributed by atoms with Crippen LogP contribution in [0.4, 0.5) is 0 Å². The normalized spacial score (nSPS) is 14.1. The van der Waals surface area contributed by atoms with Crippen LogP contribution in [0.2, 0.25) is 0 Å². The smallest absolute Gasteiger partial charge is 0.303 e.